The summed E-state index contributed by atoms with van der Waals surface area (Å²) in [5, 5.41) is 9.20. The number of rotatable bonds is 7. The molecule has 17 heavy (non-hydrogen) atoms. The second kappa shape index (κ2) is 6.62. The highest BCUT2D eigenvalue weighted by Crippen LogP contribution is 2.28. The zero-order valence-electron chi connectivity index (χ0n) is 11.4. The van der Waals surface area contributed by atoms with Crippen molar-refractivity contribution in [3.05, 3.63) is 0 Å². The topological polar surface area (TPSA) is 63.6 Å². The highest BCUT2D eigenvalue weighted by atomic mass is 16.5. The summed E-state index contributed by atoms with van der Waals surface area (Å²) in [6.07, 6.45) is 1.46. The average molecular weight is 244 g/mol. The molecule has 4 heteroatoms. The molecule has 0 saturated carbocycles. The van der Waals surface area contributed by atoms with Gasteiger partial charge in [0.05, 0.1) is 6.10 Å². The lowest BCUT2D eigenvalue weighted by Gasteiger charge is -2.25. The molecular formula is C13H24O4. The minimum Gasteiger partial charge on any atom is -0.480 e. The quantitative estimate of drug-likeness (QED) is 0.552. The molecule has 0 spiro atoms. The molecule has 0 rings (SSSR count). The molecule has 4 nitrogen and oxygen atoms in total. The molecule has 0 aliphatic rings. The molecule has 0 aliphatic heterocycles. The van der Waals surface area contributed by atoms with Gasteiger partial charge in [0.15, 0.2) is 5.41 Å². The van der Waals surface area contributed by atoms with Crippen LogP contribution in [0.3, 0.4) is 0 Å². The van der Waals surface area contributed by atoms with Crippen molar-refractivity contribution in [1.29, 1.82) is 0 Å². The van der Waals surface area contributed by atoms with E-state index in [1.54, 1.807) is 6.92 Å². The number of esters is 1. The van der Waals surface area contributed by atoms with Gasteiger partial charge in [-0.25, -0.2) is 0 Å². The van der Waals surface area contributed by atoms with E-state index in [1.165, 1.54) is 6.92 Å². The fourth-order valence-electron chi connectivity index (χ4n) is 1.27. The van der Waals surface area contributed by atoms with Crippen LogP contribution in [0, 0.1) is 11.3 Å². The second-order valence-corrected chi connectivity index (χ2v) is 5.19. The van der Waals surface area contributed by atoms with Crippen molar-refractivity contribution in [2.75, 3.05) is 0 Å². The van der Waals surface area contributed by atoms with Gasteiger partial charge in [0.1, 0.15) is 0 Å². The van der Waals surface area contributed by atoms with E-state index in [0.717, 1.165) is 0 Å². The maximum absolute atomic E-state index is 11.9. The van der Waals surface area contributed by atoms with Crippen molar-refractivity contribution in [3.8, 4) is 0 Å². The molecule has 0 saturated heterocycles. The number of carboxylic acids is 1. The molecule has 2 unspecified atom stereocenters. The Hall–Kier alpha value is -1.06. The predicted molar refractivity (Wildman–Crippen MR) is 65.7 cm³/mol. The van der Waals surface area contributed by atoms with E-state index in [0.29, 0.717) is 25.2 Å². The van der Waals surface area contributed by atoms with Gasteiger partial charge in [0, 0.05) is 0 Å². The molecule has 0 heterocycles. The minimum atomic E-state index is -1.42. The van der Waals surface area contributed by atoms with Crippen LogP contribution in [0.15, 0.2) is 0 Å². The highest BCUT2D eigenvalue weighted by Gasteiger charge is 2.43. The van der Waals surface area contributed by atoms with Crippen LogP contribution in [0.2, 0.25) is 0 Å². The molecule has 0 aromatic rings. The van der Waals surface area contributed by atoms with E-state index in [1.807, 2.05) is 20.8 Å². The van der Waals surface area contributed by atoms with Crippen LogP contribution in [0.1, 0.15) is 53.9 Å². The molecule has 0 bridgehead atoms. The Morgan fingerprint density at radius 2 is 1.82 bits per heavy atom. The van der Waals surface area contributed by atoms with Gasteiger partial charge in [-0.2, -0.15) is 0 Å². The largest absolute Gasteiger partial charge is 0.480 e. The van der Waals surface area contributed by atoms with Crippen molar-refractivity contribution in [3.63, 3.8) is 0 Å². The first-order valence-corrected chi connectivity index (χ1v) is 6.18. The van der Waals surface area contributed by atoms with Crippen molar-refractivity contribution >= 4 is 11.9 Å². The van der Waals surface area contributed by atoms with E-state index in [2.05, 4.69) is 0 Å². The van der Waals surface area contributed by atoms with Crippen LogP contribution in [-0.4, -0.2) is 23.1 Å². The fraction of sp³-hybridized carbons (Fsp3) is 0.846. The van der Waals surface area contributed by atoms with E-state index in [4.69, 9.17) is 4.74 Å². The van der Waals surface area contributed by atoms with Gasteiger partial charge in [-0.3, -0.25) is 9.59 Å². The maximum atomic E-state index is 11.9. The van der Waals surface area contributed by atoms with Gasteiger partial charge in [-0.15, -0.1) is 0 Å². The third kappa shape index (κ3) is 4.75. The molecule has 0 aromatic carbocycles. The number of carbonyl (C=O) groups is 2. The molecule has 0 radical (unpaired) electrons. The zero-order valence-corrected chi connectivity index (χ0v) is 11.4. The number of carbonyl (C=O) groups excluding carboxylic acids is 1. The Kier molecular flexibility index (Phi) is 6.21. The lowest BCUT2D eigenvalue weighted by atomic mass is 9.83. The van der Waals surface area contributed by atoms with E-state index < -0.39 is 17.4 Å². The monoisotopic (exact) mass is 244 g/mol. The number of aliphatic carboxylic acids is 1. The smallest absolute Gasteiger partial charge is 0.323 e. The molecule has 0 amide bonds. The highest BCUT2D eigenvalue weighted by molar-refractivity contribution is 5.98. The summed E-state index contributed by atoms with van der Waals surface area (Å²) in [6, 6.07) is 0. The zero-order chi connectivity index (χ0) is 13.6. The van der Waals surface area contributed by atoms with Crippen LogP contribution in [0.5, 0.6) is 0 Å². The first kappa shape index (κ1) is 15.9. The fourth-order valence-corrected chi connectivity index (χ4v) is 1.27. The lowest BCUT2D eigenvalue weighted by molar-refractivity contribution is -0.171. The average Bonchev–Trinajstić information content (AvgIpc) is 2.24. The summed E-state index contributed by atoms with van der Waals surface area (Å²) in [7, 11) is 0. The van der Waals surface area contributed by atoms with Crippen molar-refractivity contribution in [2.24, 2.45) is 11.3 Å². The summed E-state index contributed by atoms with van der Waals surface area (Å²) >= 11 is 0. The van der Waals surface area contributed by atoms with Gasteiger partial charge < -0.3 is 9.84 Å². The Bertz CT molecular complexity index is 273. The maximum Gasteiger partial charge on any atom is 0.323 e. The number of hydrogen-bond donors (Lipinski definition) is 1. The summed E-state index contributed by atoms with van der Waals surface area (Å²) < 4.78 is 5.14. The molecule has 0 aliphatic carbocycles. The minimum absolute atomic E-state index is 0.236. The Morgan fingerprint density at radius 3 is 2.18 bits per heavy atom. The van der Waals surface area contributed by atoms with E-state index in [9.17, 15) is 14.7 Å². The first-order chi connectivity index (χ1) is 7.74. The molecule has 1 N–H and O–H groups in total. The number of hydrogen-bond acceptors (Lipinski definition) is 3. The van der Waals surface area contributed by atoms with E-state index >= 15 is 0 Å². The summed E-state index contributed by atoms with van der Waals surface area (Å²) in [4.78, 5) is 23.1. The standard InChI is InChI=1S/C13H24O4/c1-6-10(4)17-12(16)13(5,11(14)15)8-7-9(2)3/h9-10H,6-8H2,1-5H3,(H,14,15). The molecule has 0 fully saturated rings. The van der Waals surface area contributed by atoms with Crippen molar-refractivity contribution in [2.45, 2.75) is 60.0 Å². The summed E-state index contributed by atoms with van der Waals surface area (Å²) in [6.45, 7) is 9.11. The van der Waals surface area contributed by atoms with Gasteiger partial charge in [-0.1, -0.05) is 20.8 Å². The Balaban J connectivity index is 4.70. The summed E-state index contributed by atoms with van der Waals surface area (Å²) in [5.41, 5.74) is -1.42. The van der Waals surface area contributed by atoms with Crippen molar-refractivity contribution in [1.82, 2.24) is 0 Å². The number of carboxylic acid groups (broad SMARTS) is 1. The van der Waals surface area contributed by atoms with Crippen LogP contribution in [0.25, 0.3) is 0 Å². The molecule has 2 atom stereocenters. The number of ether oxygens (including phenoxy) is 1. The van der Waals surface area contributed by atoms with Gasteiger partial charge >= 0.3 is 11.9 Å². The van der Waals surface area contributed by atoms with Crippen LogP contribution in [-0.2, 0) is 14.3 Å². The van der Waals surface area contributed by atoms with Gasteiger partial charge in [0.2, 0.25) is 0 Å². The van der Waals surface area contributed by atoms with E-state index in [-0.39, 0.29) is 6.10 Å². The van der Waals surface area contributed by atoms with Crippen LogP contribution >= 0.6 is 0 Å². The normalized spacial score (nSPS) is 16.4. The van der Waals surface area contributed by atoms with Gasteiger partial charge in [-0.05, 0) is 39.0 Å². The Labute approximate surface area is 103 Å². The first-order valence-electron chi connectivity index (χ1n) is 6.18. The van der Waals surface area contributed by atoms with Crippen molar-refractivity contribution < 1.29 is 19.4 Å². The van der Waals surface area contributed by atoms with Crippen LogP contribution in [0.4, 0.5) is 0 Å². The molecule has 0 aromatic heterocycles. The Morgan fingerprint density at radius 1 is 1.29 bits per heavy atom. The van der Waals surface area contributed by atoms with Crippen LogP contribution < -0.4 is 0 Å². The third-order valence-electron chi connectivity index (χ3n) is 3.03. The lowest BCUT2D eigenvalue weighted by Crippen LogP contribution is -2.39. The second-order valence-electron chi connectivity index (χ2n) is 5.19. The predicted octanol–water partition coefficient (Wildman–Crippen LogP) is 2.86. The SMILES string of the molecule is CCC(C)OC(=O)C(C)(CCC(C)C)C(=O)O. The van der Waals surface area contributed by atoms with Gasteiger partial charge in [0.25, 0.3) is 0 Å². The molecule has 100 valence electrons. The molecular weight excluding hydrogens is 220 g/mol. The third-order valence-corrected chi connectivity index (χ3v) is 3.03. The summed E-state index contributed by atoms with van der Waals surface area (Å²) in [5.74, 6) is -1.36.